The summed E-state index contributed by atoms with van der Waals surface area (Å²) in [5, 5.41) is 18.2. The Morgan fingerprint density at radius 1 is 0.729 bits per heavy atom. The number of aromatic nitrogens is 4. The SMILES string of the molecule is Cc1cc(C(=O)Nc2ccc(I)c(F)c2)n(Cc2csc(N3CCCCC3)n2)c1.Cc1cc(C(=O)O)n(Cc2csc(N3CCCCC3)n2)c1.Nc1ccc(I)c(F)c1. The predicted octanol–water partition coefficient (Wildman–Crippen LogP) is 10.3. The van der Waals surface area contributed by atoms with E-state index >= 15 is 0 Å². The molecular weight excluding hydrogens is 1020 g/mol. The summed E-state index contributed by atoms with van der Waals surface area (Å²) in [6, 6.07) is 12.8. The van der Waals surface area contributed by atoms with Crippen molar-refractivity contribution in [1.82, 2.24) is 19.1 Å². The molecule has 4 N–H and O–H groups in total. The number of carboxylic acid groups (broad SMARTS) is 1. The zero-order valence-corrected chi connectivity index (χ0v) is 38.7. The predicted molar refractivity (Wildman–Crippen MR) is 250 cm³/mol. The van der Waals surface area contributed by atoms with E-state index in [9.17, 15) is 23.5 Å². The lowest BCUT2D eigenvalue weighted by molar-refractivity contribution is 0.0685. The molecule has 0 unspecified atom stereocenters. The second kappa shape index (κ2) is 20.9. The fourth-order valence-electron chi connectivity index (χ4n) is 6.77. The molecule has 0 saturated carbocycles. The number of rotatable bonds is 9. The average Bonchev–Trinajstić information content (AvgIpc) is 4.04. The van der Waals surface area contributed by atoms with E-state index in [1.54, 1.807) is 57.6 Å². The Hall–Kier alpha value is -4.08. The van der Waals surface area contributed by atoms with Crippen molar-refractivity contribution >= 4 is 101 Å². The number of halogens is 4. The minimum absolute atomic E-state index is 0.254. The smallest absolute Gasteiger partial charge is 0.352 e. The van der Waals surface area contributed by atoms with Crippen LogP contribution in [0.2, 0.25) is 0 Å². The van der Waals surface area contributed by atoms with Gasteiger partial charge in [-0.1, -0.05) is 0 Å². The minimum atomic E-state index is -0.894. The quantitative estimate of drug-likeness (QED) is 0.0963. The summed E-state index contributed by atoms with van der Waals surface area (Å²) in [5.74, 6) is -1.75. The molecule has 11 nitrogen and oxygen atoms in total. The Bertz CT molecular complexity index is 2370. The van der Waals surface area contributed by atoms with E-state index in [0.29, 0.717) is 43.0 Å². The monoisotopic (exact) mass is 1070 g/mol. The van der Waals surface area contributed by atoms with Gasteiger partial charge in [0.2, 0.25) is 0 Å². The number of nitrogens with one attached hydrogen (secondary N) is 1. The molecule has 0 aliphatic carbocycles. The van der Waals surface area contributed by atoms with Gasteiger partial charge in [-0.2, -0.15) is 0 Å². The molecule has 8 rings (SSSR count). The van der Waals surface area contributed by atoms with E-state index in [1.165, 1.54) is 50.7 Å². The fraction of sp³-hybridized carbons (Fsp3) is 0.333. The topological polar surface area (TPSA) is 135 Å². The van der Waals surface area contributed by atoms with Gasteiger partial charge in [-0.15, -0.1) is 22.7 Å². The van der Waals surface area contributed by atoms with Crippen molar-refractivity contribution < 1.29 is 23.5 Å². The first-order chi connectivity index (χ1) is 28.3. The molecule has 0 bridgehead atoms. The van der Waals surface area contributed by atoms with Crippen LogP contribution in [-0.4, -0.2) is 62.3 Å². The second-order valence-corrected chi connectivity index (χ2v) is 18.5. The molecule has 1 amide bonds. The highest BCUT2D eigenvalue weighted by Crippen LogP contribution is 2.27. The largest absolute Gasteiger partial charge is 0.477 e. The molecule has 0 spiro atoms. The Balaban J connectivity index is 0.000000169. The summed E-state index contributed by atoms with van der Waals surface area (Å²) in [6.45, 7) is 9.19. The fourth-order valence-corrected chi connectivity index (χ4v) is 9.19. The lowest BCUT2D eigenvalue weighted by atomic mass is 10.1. The van der Waals surface area contributed by atoms with Crippen LogP contribution in [0.5, 0.6) is 0 Å². The third-order valence-corrected chi connectivity index (χ3v) is 13.3. The molecule has 2 aliphatic heterocycles. The van der Waals surface area contributed by atoms with Gasteiger partial charge >= 0.3 is 5.97 Å². The van der Waals surface area contributed by atoms with Gasteiger partial charge < -0.3 is 35.1 Å². The number of benzene rings is 2. The van der Waals surface area contributed by atoms with Crippen molar-refractivity contribution in [3.8, 4) is 0 Å². The highest BCUT2D eigenvalue weighted by molar-refractivity contribution is 14.1. The third kappa shape index (κ3) is 12.5. The first kappa shape index (κ1) is 44.5. The molecule has 2 aromatic carbocycles. The molecule has 0 atom stereocenters. The Morgan fingerprint density at radius 2 is 1.20 bits per heavy atom. The number of aryl methyl sites for hydroxylation is 2. The normalized spacial score (nSPS) is 13.9. The highest BCUT2D eigenvalue weighted by Gasteiger charge is 2.19. The van der Waals surface area contributed by atoms with Crippen molar-refractivity contribution in [2.75, 3.05) is 47.0 Å². The van der Waals surface area contributed by atoms with Crippen molar-refractivity contribution in [2.24, 2.45) is 0 Å². The average molecular weight is 1070 g/mol. The lowest BCUT2D eigenvalue weighted by Crippen LogP contribution is -2.29. The van der Waals surface area contributed by atoms with Crippen LogP contribution in [0.15, 0.2) is 71.7 Å². The van der Waals surface area contributed by atoms with Crippen molar-refractivity contribution in [2.45, 2.75) is 65.5 Å². The maximum absolute atomic E-state index is 13.8. The van der Waals surface area contributed by atoms with Crippen LogP contribution in [-0.2, 0) is 13.1 Å². The van der Waals surface area contributed by atoms with Crippen LogP contribution in [0.1, 0.15) is 82.0 Å². The maximum Gasteiger partial charge on any atom is 0.352 e. The van der Waals surface area contributed by atoms with Crippen molar-refractivity contribution in [3.63, 3.8) is 0 Å². The number of amides is 1. The number of thiazole rings is 2. The standard InChI is InChI=1S/C21H22FIN4OS.C15H19N3O2S.C6H5FIN/c1-14-9-19(20(28)24-15-5-6-18(23)17(22)10-15)27(11-14)12-16-13-29-21(25-16)26-7-3-2-4-8-26;1-11-7-13(14(19)20)18(8-11)9-12-10-21-15(16-12)17-5-3-2-4-6-17;7-5-3-4(9)1-2-6(5)8/h5-6,9-11,13H,2-4,7-8,12H2,1H3,(H,24,28);7-8,10H,2-6,9H2,1H3,(H,19,20);1-3H,9H2. The summed E-state index contributed by atoms with van der Waals surface area (Å²) in [5.41, 5.74) is 10.9. The van der Waals surface area contributed by atoms with E-state index in [0.717, 1.165) is 59.0 Å². The number of nitrogens with zero attached hydrogens (tertiary/aromatic N) is 6. The van der Waals surface area contributed by atoms with Gasteiger partial charge in [-0.25, -0.2) is 23.5 Å². The Kier molecular flexibility index (Phi) is 15.8. The number of aromatic carboxylic acids is 1. The zero-order chi connectivity index (χ0) is 42.1. The lowest BCUT2D eigenvalue weighted by Gasteiger charge is -2.25. The molecule has 0 radical (unpaired) electrons. The van der Waals surface area contributed by atoms with Crippen LogP contribution >= 0.6 is 67.9 Å². The van der Waals surface area contributed by atoms with Gasteiger partial charge in [-0.3, -0.25) is 4.79 Å². The molecule has 2 aliphatic rings. The van der Waals surface area contributed by atoms with E-state index in [1.807, 2.05) is 87.4 Å². The zero-order valence-electron chi connectivity index (χ0n) is 32.8. The molecule has 6 heterocycles. The molecule has 17 heteroatoms. The molecule has 6 aromatic rings. The Morgan fingerprint density at radius 3 is 1.68 bits per heavy atom. The van der Waals surface area contributed by atoms with E-state index < -0.39 is 5.97 Å². The number of nitrogens with two attached hydrogens (primary N) is 1. The molecule has 4 aromatic heterocycles. The van der Waals surface area contributed by atoms with E-state index in [4.69, 9.17) is 10.7 Å². The maximum atomic E-state index is 13.8. The Labute approximate surface area is 377 Å². The van der Waals surface area contributed by atoms with Crippen LogP contribution in [0.25, 0.3) is 0 Å². The molecule has 312 valence electrons. The molecular formula is C42H46F2I2N8O3S2. The molecule has 2 fully saturated rings. The molecule has 59 heavy (non-hydrogen) atoms. The van der Waals surface area contributed by atoms with Gasteiger partial charge in [0.1, 0.15) is 23.0 Å². The second-order valence-electron chi connectivity index (χ2n) is 14.5. The summed E-state index contributed by atoms with van der Waals surface area (Å²) in [4.78, 5) is 38.2. The van der Waals surface area contributed by atoms with E-state index in [2.05, 4.69) is 25.5 Å². The van der Waals surface area contributed by atoms with Gasteiger partial charge in [0.15, 0.2) is 10.3 Å². The summed E-state index contributed by atoms with van der Waals surface area (Å²) in [6.07, 6.45) is 11.3. The number of carboxylic acids is 1. The number of piperidine rings is 2. The van der Waals surface area contributed by atoms with Crippen LogP contribution in [0, 0.1) is 32.6 Å². The number of carbonyl (C=O) groups excluding carboxylic acids is 1. The van der Waals surface area contributed by atoms with Crippen LogP contribution in [0.3, 0.4) is 0 Å². The highest BCUT2D eigenvalue weighted by atomic mass is 127. The van der Waals surface area contributed by atoms with Crippen LogP contribution < -0.4 is 20.9 Å². The summed E-state index contributed by atoms with van der Waals surface area (Å²) in [7, 11) is 0. The van der Waals surface area contributed by atoms with Gasteiger partial charge in [-0.05, 0) is 157 Å². The van der Waals surface area contributed by atoms with E-state index in [-0.39, 0.29) is 17.5 Å². The number of nitrogen functional groups attached to an aromatic ring is 1. The van der Waals surface area contributed by atoms with Gasteiger partial charge in [0, 0.05) is 67.8 Å². The third-order valence-electron chi connectivity index (χ3n) is 9.64. The van der Waals surface area contributed by atoms with Gasteiger partial charge in [0.05, 0.1) is 24.5 Å². The number of anilines is 4. The van der Waals surface area contributed by atoms with Crippen LogP contribution in [0.4, 0.5) is 30.4 Å². The van der Waals surface area contributed by atoms with Gasteiger partial charge in [0.25, 0.3) is 5.91 Å². The molecule has 2 saturated heterocycles. The summed E-state index contributed by atoms with van der Waals surface area (Å²) < 4.78 is 31.1. The number of hydrogen-bond acceptors (Lipinski definition) is 9. The van der Waals surface area contributed by atoms with Crippen molar-refractivity contribution in [3.05, 3.63) is 124 Å². The summed E-state index contributed by atoms with van der Waals surface area (Å²) >= 11 is 7.15. The van der Waals surface area contributed by atoms with Crippen molar-refractivity contribution in [1.29, 1.82) is 0 Å². The first-order valence-corrected chi connectivity index (χ1v) is 23.2. The first-order valence-electron chi connectivity index (χ1n) is 19.3. The number of carbonyl (C=O) groups is 2. The minimum Gasteiger partial charge on any atom is -0.477 e. The number of hydrogen-bond donors (Lipinski definition) is 3.